The molecule has 0 aromatic heterocycles. The van der Waals surface area contributed by atoms with Crippen LogP contribution in [0.1, 0.15) is 38.5 Å². The summed E-state index contributed by atoms with van der Waals surface area (Å²) in [5.74, 6) is 0. The maximum absolute atomic E-state index is 6.15. The van der Waals surface area contributed by atoms with Gasteiger partial charge in [0.25, 0.3) is 0 Å². The molecule has 0 spiro atoms. The maximum atomic E-state index is 6.15. The van der Waals surface area contributed by atoms with Gasteiger partial charge in [0.05, 0.1) is 12.7 Å². The summed E-state index contributed by atoms with van der Waals surface area (Å²) < 4.78 is 6.13. The van der Waals surface area contributed by atoms with Crippen LogP contribution in [0.2, 0.25) is 0 Å². The Morgan fingerprint density at radius 3 is 2.63 bits per heavy atom. The van der Waals surface area contributed by atoms with E-state index in [1.165, 1.54) is 45.1 Å². The summed E-state index contributed by atoms with van der Waals surface area (Å²) >= 11 is 0. The van der Waals surface area contributed by atoms with Crippen LogP contribution in [-0.2, 0) is 4.74 Å². The molecule has 0 amide bonds. The Balaban J connectivity index is 1.37. The first-order chi connectivity index (χ1) is 9.29. The van der Waals surface area contributed by atoms with Gasteiger partial charge in [0.2, 0.25) is 0 Å². The smallest absolute Gasteiger partial charge is 0.0829 e. The fraction of sp³-hybridized carbons (Fsp3) is 1.00. The highest BCUT2D eigenvalue weighted by Crippen LogP contribution is 2.35. The highest BCUT2D eigenvalue weighted by atomic mass is 16.5. The van der Waals surface area contributed by atoms with Crippen LogP contribution in [0.4, 0.5) is 0 Å². The van der Waals surface area contributed by atoms with Gasteiger partial charge in [-0.1, -0.05) is 0 Å². The highest BCUT2D eigenvalue weighted by molar-refractivity contribution is 4.98. The fourth-order valence-electron chi connectivity index (χ4n) is 4.85. The molecule has 2 bridgehead atoms. The Bertz CT molecular complexity index is 323. The van der Waals surface area contributed by atoms with Crippen LogP contribution in [-0.4, -0.2) is 66.3 Å². The minimum absolute atomic E-state index is 0.437. The van der Waals surface area contributed by atoms with Gasteiger partial charge in [-0.05, 0) is 45.1 Å². The molecule has 0 saturated carbocycles. The number of nitrogens with two attached hydrogens (primary N) is 1. The summed E-state index contributed by atoms with van der Waals surface area (Å²) in [6.07, 6.45) is 8.27. The lowest BCUT2D eigenvalue weighted by molar-refractivity contribution is -0.0702. The summed E-state index contributed by atoms with van der Waals surface area (Å²) in [7, 11) is 0. The van der Waals surface area contributed by atoms with Crippen molar-refractivity contribution >= 4 is 0 Å². The Labute approximate surface area is 116 Å². The lowest BCUT2D eigenvalue weighted by atomic mass is 9.97. The summed E-state index contributed by atoms with van der Waals surface area (Å²) in [4.78, 5) is 5.39. The van der Waals surface area contributed by atoms with Crippen molar-refractivity contribution < 1.29 is 4.74 Å². The zero-order valence-electron chi connectivity index (χ0n) is 11.8. The van der Waals surface area contributed by atoms with E-state index < -0.39 is 0 Å². The Hall–Kier alpha value is -0.160. The highest BCUT2D eigenvalue weighted by Gasteiger charge is 2.41. The van der Waals surface area contributed by atoms with Crippen molar-refractivity contribution in [2.24, 2.45) is 5.73 Å². The van der Waals surface area contributed by atoms with E-state index in [9.17, 15) is 0 Å². The number of piperidine rings is 1. The summed E-state index contributed by atoms with van der Waals surface area (Å²) in [5.41, 5.74) is 6.15. The van der Waals surface area contributed by atoms with E-state index in [4.69, 9.17) is 10.5 Å². The van der Waals surface area contributed by atoms with Gasteiger partial charge >= 0.3 is 0 Å². The van der Waals surface area contributed by atoms with Crippen molar-refractivity contribution in [3.05, 3.63) is 0 Å². The van der Waals surface area contributed by atoms with Gasteiger partial charge in [0.15, 0.2) is 0 Å². The van der Waals surface area contributed by atoms with E-state index in [0.717, 1.165) is 37.8 Å². The third-order valence-electron chi connectivity index (χ3n) is 5.80. The molecule has 108 valence electrons. The molecule has 4 aliphatic rings. The quantitative estimate of drug-likeness (QED) is 0.802. The molecule has 4 aliphatic heterocycles. The van der Waals surface area contributed by atoms with Crippen LogP contribution in [0.3, 0.4) is 0 Å². The van der Waals surface area contributed by atoms with Gasteiger partial charge in [-0.25, -0.2) is 0 Å². The lowest BCUT2D eigenvalue weighted by Gasteiger charge is -2.42. The molecular formula is C15H27N3O. The first-order valence-corrected chi connectivity index (χ1v) is 8.16. The molecule has 4 fully saturated rings. The van der Waals surface area contributed by atoms with Gasteiger partial charge < -0.3 is 10.5 Å². The van der Waals surface area contributed by atoms with Crippen molar-refractivity contribution in [3.8, 4) is 0 Å². The second-order valence-corrected chi connectivity index (χ2v) is 7.06. The summed E-state index contributed by atoms with van der Waals surface area (Å²) in [6.45, 7) is 4.56. The standard InChI is InChI=1S/C15H27N3O/c16-11-6-12-3-4-13(7-11)18(12)9-15-8-17-5-1-2-14(17)10-19-15/h11-15H,1-10,16H2. The van der Waals surface area contributed by atoms with Crippen LogP contribution in [0, 0.1) is 0 Å². The summed E-state index contributed by atoms with van der Waals surface area (Å²) in [5, 5.41) is 0. The predicted molar refractivity (Wildman–Crippen MR) is 75.1 cm³/mol. The Morgan fingerprint density at radius 1 is 1.05 bits per heavy atom. The van der Waals surface area contributed by atoms with Gasteiger partial charge in [0, 0.05) is 37.3 Å². The first kappa shape index (κ1) is 12.6. The van der Waals surface area contributed by atoms with Crippen LogP contribution in [0.25, 0.3) is 0 Å². The number of rotatable bonds is 2. The normalized spacial score (nSPS) is 47.5. The van der Waals surface area contributed by atoms with Crippen molar-refractivity contribution in [2.45, 2.75) is 68.8 Å². The number of morpholine rings is 1. The molecule has 4 rings (SSSR count). The van der Waals surface area contributed by atoms with Crippen molar-refractivity contribution in [2.75, 3.05) is 26.2 Å². The molecule has 4 saturated heterocycles. The molecule has 19 heavy (non-hydrogen) atoms. The zero-order valence-corrected chi connectivity index (χ0v) is 11.8. The third kappa shape index (κ3) is 2.33. The second kappa shape index (κ2) is 4.99. The maximum Gasteiger partial charge on any atom is 0.0829 e. The fourth-order valence-corrected chi connectivity index (χ4v) is 4.85. The van der Waals surface area contributed by atoms with Crippen molar-refractivity contribution in [3.63, 3.8) is 0 Å². The van der Waals surface area contributed by atoms with Crippen molar-refractivity contribution in [1.82, 2.24) is 9.80 Å². The van der Waals surface area contributed by atoms with Gasteiger partial charge in [-0.3, -0.25) is 9.80 Å². The predicted octanol–water partition coefficient (Wildman–Crippen LogP) is 0.804. The Morgan fingerprint density at radius 2 is 1.84 bits per heavy atom. The van der Waals surface area contributed by atoms with Gasteiger partial charge in [-0.15, -0.1) is 0 Å². The van der Waals surface area contributed by atoms with Crippen LogP contribution in [0.15, 0.2) is 0 Å². The largest absolute Gasteiger partial charge is 0.374 e. The number of hydrogen-bond donors (Lipinski definition) is 1. The van der Waals surface area contributed by atoms with E-state index in [1.54, 1.807) is 0 Å². The van der Waals surface area contributed by atoms with E-state index in [1.807, 2.05) is 0 Å². The minimum Gasteiger partial charge on any atom is -0.374 e. The number of ether oxygens (including phenoxy) is 1. The van der Waals surface area contributed by atoms with Crippen LogP contribution >= 0.6 is 0 Å². The average Bonchev–Trinajstić information content (AvgIpc) is 2.94. The molecule has 4 atom stereocenters. The lowest BCUT2D eigenvalue weighted by Crippen LogP contribution is -2.54. The van der Waals surface area contributed by atoms with E-state index >= 15 is 0 Å². The molecule has 0 aromatic rings. The summed E-state index contributed by atoms with van der Waals surface area (Å²) in [6, 6.07) is 2.66. The van der Waals surface area contributed by atoms with Crippen molar-refractivity contribution in [1.29, 1.82) is 0 Å². The van der Waals surface area contributed by atoms with Crippen LogP contribution < -0.4 is 5.73 Å². The zero-order chi connectivity index (χ0) is 12.8. The SMILES string of the molecule is NC1CC2CCC(C1)N2CC1CN2CCCC2CO1. The molecule has 0 radical (unpaired) electrons. The second-order valence-electron chi connectivity index (χ2n) is 7.06. The third-order valence-corrected chi connectivity index (χ3v) is 5.80. The van der Waals surface area contributed by atoms with Crippen LogP contribution in [0.5, 0.6) is 0 Å². The van der Waals surface area contributed by atoms with E-state index in [0.29, 0.717) is 12.1 Å². The number of nitrogens with zero attached hydrogens (tertiary/aromatic N) is 2. The molecule has 4 nitrogen and oxygen atoms in total. The monoisotopic (exact) mass is 265 g/mol. The molecule has 4 heteroatoms. The van der Waals surface area contributed by atoms with Gasteiger partial charge in [-0.2, -0.15) is 0 Å². The molecule has 0 aromatic carbocycles. The van der Waals surface area contributed by atoms with Gasteiger partial charge in [0.1, 0.15) is 0 Å². The number of fused-ring (bicyclic) bond motifs is 3. The van der Waals surface area contributed by atoms with E-state index in [-0.39, 0.29) is 0 Å². The Kier molecular flexibility index (Phi) is 3.30. The molecular weight excluding hydrogens is 238 g/mol. The molecule has 0 aliphatic carbocycles. The topological polar surface area (TPSA) is 41.7 Å². The number of hydrogen-bond acceptors (Lipinski definition) is 4. The molecule has 2 N–H and O–H groups in total. The molecule has 4 unspecified atom stereocenters. The van der Waals surface area contributed by atoms with E-state index in [2.05, 4.69) is 9.80 Å². The minimum atomic E-state index is 0.437. The first-order valence-electron chi connectivity index (χ1n) is 8.16. The average molecular weight is 265 g/mol. The molecule has 4 heterocycles.